The Morgan fingerprint density at radius 3 is 2.33 bits per heavy atom. The Morgan fingerprint density at radius 1 is 1.08 bits per heavy atom. The maximum atomic E-state index is 11.0. The maximum absolute atomic E-state index is 11.0. The third-order valence-electron chi connectivity index (χ3n) is 3.39. The average molecular weight is 371 g/mol. The second-order valence-corrected chi connectivity index (χ2v) is 9.15. The van der Waals surface area contributed by atoms with E-state index in [0.29, 0.717) is 4.90 Å². The molecule has 2 aromatic rings. The summed E-state index contributed by atoms with van der Waals surface area (Å²) in [5.74, 6) is 0. The SMILES string of the molecule is CN(C)c1cccc2c(S(=N)(=N)NCCOS(C)(=O)=O)cccc12. The second kappa shape index (κ2) is 7.06. The number of fused-ring (bicyclic) bond motifs is 1. The number of hydrogen-bond donors (Lipinski definition) is 3. The van der Waals surface area contributed by atoms with Gasteiger partial charge < -0.3 is 4.90 Å². The highest BCUT2D eigenvalue weighted by Gasteiger charge is 2.12. The van der Waals surface area contributed by atoms with E-state index in [1.807, 2.05) is 49.3 Å². The van der Waals surface area contributed by atoms with Crippen LogP contribution in [0.15, 0.2) is 41.3 Å². The fourth-order valence-corrected chi connectivity index (χ4v) is 4.11. The molecule has 0 aliphatic rings. The quantitative estimate of drug-likeness (QED) is 0.513. The first-order valence-electron chi connectivity index (χ1n) is 7.22. The van der Waals surface area contributed by atoms with Gasteiger partial charge in [-0.3, -0.25) is 13.7 Å². The fraction of sp³-hybridized carbons (Fsp3) is 0.333. The van der Waals surface area contributed by atoms with Crippen molar-refractivity contribution in [1.82, 2.24) is 4.72 Å². The predicted octanol–water partition coefficient (Wildman–Crippen LogP) is 2.42. The van der Waals surface area contributed by atoms with Gasteiger partial charge in [-0.25, -0.2) is 4.72 Å². The maximum Gasteiger partial charge on any atom is 0.264 e. The van der Waals surface area contributed by atoms with E-state index >= 15 is 0 Å². The lowest BCUT2D eigenvalue weighted by molar-refractivity contribution is 0.327. The van der Waals surface area contributed by atoms with E-state index in [4.69, 9.17) is 9.56 Å². The molecule has 0 spiro atoms. The number of hydrogen-bond acceptors (Lipinski definition) is 6. The van der Waals surface area contributed by atoms with Crippen LogP contribution in [0.25, 0.3) is 10.8 Å². The summed E-state index contributed by atoms with van der Waals surface area (Å²) < 4.78 is 46.1. The zero-order valence-electron chi connectivity index (χ0n) is 13.9. The third-order valence-corrected chi connectivity index (χ3v) is 5.64. The molecule has 3 N–H and O–H groups in total. The first-order valence-corrected chi connectivity index (χ1v) is 10.7. The molecule has 0 heterocycles. The van der Waals surface area contributed by atoms with Gasteiger partial charge in [-0.05, 0) is 12.1 Å². The summed E-state index contributed by atoms with van der Waals surface area (Å²) >= 11 is 0. The minimum Gasteiger partial charge on any atom is -0.377 e. The number of benzene rings is 2. The van der Waals surface area contributed by atoms with Crippen LogP contribution in [0.1, 0.15) is 0 Å². The lowest BCUT2D eigenvalue weighted by Crippen LogP contribution is -2.26. The molecular formula is C15H22N4O3S2. The first-order chi connectivity index (χ1) is 11.1. The van der Waals surface area contributed by atoms with Crippen molar-refractivity contribution in [1.29, 1.82) is 9.56 Å². The highest BCUT2D eigenvalue weighted by Crippen LogP contribution is 2.30. The molecule has 0 saturated carbocycles. The Balaban J connectivity index is 2.32. The van der Waals surface area contributed by atoms with Crippen molar-refractivity contribution in [2.24, 2.45) is 0 Å². The van der Waals surface area contributed by atoms with Gasteiger partial charge in [0.1, 0.15) is 0 Å². The molecule has 2 aromatic carbocycles. The van der Waals surface area contributed by atoms with Gasteiger partial charge in [0.2, 0.25) is 0 Å². The third kappa shape index (κ3) is 4.44. The van der Waals surface area contributed by atoms with Crippen molar-refractivity contribution >= 4 is 36.4 Å². The lowest BCUT2D eigenvalue weighted by Gasteiger charge is -2.19. The van der Waals surface area contributed by atoms with Crippen molar-refractivity contribution in [2.45, 2.75) is 4.90 Å². The van der Waals surface area contributed by atoms with Crippen LogP contribution in [0.5, 0.6) is 0 Å². The van der Waals surface area contributed by atoms with E-state index in [0.717, 1.165) is 22.7 Å². The van der Waals surface area contributed by atoms with Crippen LogP contribution in [0.2, 0.25) is 0 Å². The standard InChI is InChI=1S/C15H22N4O3S2/c1-19(2)14-8-4-7-13-12(14)6-5-9-15(13)24(16,17)18-10-11-22-23(3,20)21/h4-9H,10-11H2,1-3H3,(H3,16,17,18). The number of rotatable bonds is 7. The molecule has 0 saturated heterocycles. The molecule has 0 aromatic heterocycles. The molecule has 0 unspecified atom stereocenters. The first kappa shape index (κ1) is 18.7. The van der Waals surface area contributed by atoms with Crippen LogP contribution >= 0.6 is 0 Å². The molecule has 132 valence electrons. The molecule has 0 aliphatic carbocycles. The number of anilines is 1. The topological polar surface area (TPSA) is 106 Å². The van der Waals surface area contributed by atoms with Crippen molar-refractivity contribution in [3.05, 3.63) is 36.4 Å². The highest BCUT2D eigenvalue weighted by molar-refractivity contribution is 7.91. The van der Waals surface area contributed by atoms with Crippen molar-refractivity contribution in [2.75, 3.05) is 38.4 Å². The van der Waals surface area contributed by atoms with Gasteiger partial charge >= 0.3 is 0 Å². The lowest BCUT2D eigenvalue weighted by atomic mass is 10.1. The molecule has 24 heavy (non-hydrogen) atoms. The van der Waals surface area contributed by atoms with E-state index in [1.165, 1.54) is 0 Å². The predicted molar refractivity (Wildman–Crippen MR) is 98.1 cm³/mol. The van der Waals surface area contributed by atoms with Crippen LogP contribution < -0.4 is 9.62 Å². The monoisotopic (exact) mass is 370 g/mol. The Hall–Kier alpha value is -1.68. The summed E-state index contributed by atoms with van der Waals surface area (Å²) in [6.45, 7) is 0.0121. The van der Waals surface area contributed by atoms with Gasteiger partial charge in [0, 0.05) is 51.8 Å². The summed E-state index contributed by atoms with van der Waals surface area (Å²) in [7, 11) is -2.41. The molecule has 0 fully saturated rings. The molecule has 0 bridgehead atoms. The normalized spacial score (nSPS) is 12.5. The van der Waals surface area contributed by atoms with Gasteiger partial charge in [0.15, 0.2) is 0 Å². The Morgan fingerprint density at radius 2 is 1.71 bits per heavy atom. The Kier molecular flexibility index (Phi) is 5.49. The number of nitrogens with zero attached hydrogens (tertiary/aromatic N) is 1. The van der Waals surface area contributed by atoms with Gasteiger partial charge in [0.25, 0.3) is 10.1 Å². The van der Waals surface area contributed by atoms with Crippen molar-refractivity contribution in [3.8, 4) is 0 Å². The van der Waals surface area contributed by atoms with Crippen LogP contribution in [-0.2, 0) is 24.1 Å². The summed E-state index contributed by atoms with van der Waals surface area (Å²) in [5.41, 5.74) is 1.02. The van der Waals surface area contributed by atoms with Crippen molar-refractivity contribution in [3.63, 3.8) is 0 Å². The molecule has 0 atom stereocenters. The zero-order chi connectivity index (χ0) is 18.0. The van der Waals surface area contributed by atoms with Crippen LogP contribution in [0, 0.1) is 9.56 Å². The summed E-state index contributed by atoms with van der Waals surface area (Å²) in [5, 5.41) is 1.82. The van der Waals surface area contributed by atoms with Crippen molar-refractivity contribution < 1.29 is 12.6 Å². The minimum atomic E-state index is -3.52. The Labute approximate surface area is 143 Å². The molecule has 0 amide bonds. The molecule has 9 heteroatoms. The molecule has 0 aliphatic heterocycles. The molecule has 2 rings (SSSR count). The molecular weight excluding hydrogens is 348 g/mol. The van der Waals surface area contributed by atoms with Gasteiger partial charge in [-0.2, -0.15) is 8.42 Å². The molecule has 7 nitrogen and oxygen atoms in total. The van der Waals surface area contributed by atoms with E-state index in [9.17, 15) is 8.42 Å². The smallest absolute Gasteiger partial charge is 0.264 e. The van der Waals surface area contributed by atoms with Gasteiger partial charge in [-0.15, -0.1) is 0 Å². The average Bonchev–Trinajstić information content (AvgIpc) is 2.49. The largest absolute Gasteiger partial charge is 0.377 e. The van der Waals surface area contributed by atoms with Gasteiger partial charge in [-0.1, -0.05) is 24.3 Å². The van der Waals surface area contributed by atoms with Crippen LogP contribution in [0.3, 0.4) is 0 Å². The van der Waals surface area contributed by atoms with E-state index < -0.39 is 19.9 Å². The van der Waals surface area contributed by atoms with E-state index in [1.54, 1.807) is 6.07 Å². The summed E-state index contributed by atoms with van der Waals surface area (Å²) in [4.78, 5) is 2.58. The highest BCUT2D eigenvalue weighted by atomic mass is 32.2. The molecule has 0 radical (unpaired) electrons. The van der Waals surface area contributed by atoms with Crippen LogP contribution in [-0.4, -0.2) is 41.9 Å². The second-order valence-electron chi connectivity index (χ2n) is 5.56. The van der Waals surface area contributed by atoms with E-state index in [-0.39, 0.29) is 13.2 Å². The van der Waals surface area contributed by atoms with Gasteiger partial charge in [0.05, 0.1) is 12.9 Å². The Bertz CT molecular complexity index is 938. The van der Waals surface area contributed by atoms with E-state index in [2.05, 4.69) is 8.91 Å². The summed E-state index contributed by atoms with van der Waals surface area (Å²) in [6.07, 6.45) is 0.974. The summed E-state index contributed by atoms with van der Waals surface area (Å²) in [6, 6.07) is 11.4. The minimum absolute atomic E-state index is 0.0982. The zero-order valence-corrected chi connectivity index (χ0v) is 15.5. The van der Waals surface area contributed by atoms with Crippen LogP contribution in [0.4, 0.5) is 5.69 Å². The number of nitrogens with one attached hydrogen (secondary N) is 3. The fourth-order valence-electron chi connectivity index (χ4n) is 2.39.